The van der Waals surface area contributed by atoms with E-state index in [0.29, 0.717) is 5.56 Å². The van der Waals surface area contributed by atoms with Gasteiger partial charge < -0.3 is 10.6 Å². The second-order valence-corrected chi connectivity index (χ2v) is 6.56. The molecule has 2 N–H and O–H groups in total. The zero-order valence-corrected chi connectivity index (χ0v) is 13.8. The van der Waals surface area contributed by atoms with Crippen LogP contribution in [0, 0.1) is 17.8 Å². The summed E-state index contributed by atoms with van der Waals surface area (Å²) >= 11 is 11.9. The van der Waals surface area contributed by atoms with Crippen molar-refractivity contribution in [1.29, 1.82) is 0 Å². The highest BCUT2D eigenvalue weighted by molar-refractivity contribution is 6.32. The maximum atomic E-state index is 14.5. The summed E-state index contributed by atoms with van der Waals surface area (Å²) in [4.78, 5) is 11.9. The van der Waals surface area contributed by atoms with Gasteiger partial charge in [0.25, 0.3) is 5.92 Å². The van der Waals surface area contributed by atoms with Gasteiger partial charge in [-0.25, -0.2) is 13.6 Å². The molecule has 3 rings (SSSR count). The van der Waals surface area contributed by atoms with Gasteiger partial charge in [-0.3, -0.25) is 0 Å². The molecule has 2 aliphatic rings. The Labute approximate surface area is 142 Å². The molecular formula is C16H14Cl2F2N2O. The van der Waals surface area contributed by atoms with Crippen molar-refractivity contribution in [3.8, 4) is 11.8 Å². The molecule has 1 unspecified atom stereocenters. The highest BCUT2D eigenvalue weighted by Gasteiger charge is 2.55. The van der Waals surface area contributed by atoms with Gasteiger partial charge in [-0.1, -0.05) is 23.4 Å². The Morgan fingerprint density at radius 1 is 1.43 bits per heavy atom. The molecular weight excluding hydrogens is 345 g/mol. The molecule has 1 aliphatic carbocycles. The molecule has 0 bridgehead atoms. The van der Waals surface area contributed by atoms with E-state index in [9.17, 15) is 13.6 Å². The molecule has 23 heavy (non-hydrogen) atoms. The number of anilines is 1. The summed E-state index contributed by atoms with van der Waals surface area (Å²) in [5.41, 5.74) is -1.16. The minimum absolute atomic E-state index is 0.110. The lowest BCUT2D eigenvalue weighted by Crippen LogP contribution is -2.59. The van der Waals surface area contributed by atoms with E-state index >= 15 is 0 Å². The number of carbonyl (C=O) groups excluding carboxylic acids is 1. The van der Waals surface area contributed by atoms with Gasteiger partial charge in [0.05, 0.1) is 0 Å². The van der Waals surface area contributed by atoms with E-state index in [1.54, 1.807) is 0 Å². The van der Waals surface area contributed by atoms with Crippen molar-refractivity contribution in [2.24, 2.45) is 5.92 Å². The number of carbonyl (C=O) groups is 1. The fraction of sp³-hybridized carbons (Fsp3) is 0.438. The van der Waals surface area contributed by atoms with Gasteiger partial charge in [0.2, 0.25) is 0 Å². The number of halogens is 4. The molecule has 1 atom stereocenters. The molecule has 7 heteroatoms. The van der Waals surface area contributed by atoms with Crippen molar-refractivity contribution in [3.63, 3.8) is 0 Å². The third kappa shape index (κ3) is 2.86. The number of hydrogen-bond donors (Lipinski definition) is 2. The van der Waals surface area contributed by atoms with Crippen LogP contribution in [0.5, 0.6) is 0 Å². The molecule has 2 amide bonds. The Kier molecular flexibility index (Phi) is 3.94. The third-order valence-corrected chi connectivity index (χ3v) is 4.62. The van der Waals surface area contributed by atoms with Gasteiger partial charge in [0, 0.05) is 35.0 Å². The maximum Gasteiger partial charge on any atom is 0.320 e. The largest absolute Gasteiger partial charge is 0.320 e. The van der Waals surface area contributed by atoms with Crippen LogP contribution in [-0.2, 0) is 11.4 Å². The lowest BCUT2D eigenvalue weighted by Gasteiger charge is -2.40. The summed E-state index contributed by atoms with van der Waals surface area (Å²) < 4.78 is 29.0. The normalized spacial score (nSPS) is 23.3. The molecule has 122 valence electrons. The quantitative estimate of drug-likeness (QED) is 0.593. The molecule has 3 nitrogen and oxygen atoms in total. The average molecular weight is 359 g/mol. The third-order valence-electron chi connectivity index (χ3n) is 3.98. The second kappa shape index (κ2) is 5.54. The lowest BCUT2D eigenvalue weighted by molar-refractivity contribution is -0.0464. The van der Waals surface area contributed by atoms with Crippen LogP contribution in [0.2, 0.25) is 5.02 Å². The molecule has 1 aromatic rings. The van der Waals surface area contributed by atoms with Crippen LogP contribution in [0.3, 0.4) is 0 Å². The number of nitrogens with one attached hydrogen (secondary N) is 2. The van der Waals surface area contributed by atoms with Crippen LogP contribution >= 0.6 is 23.2 Å². The molecule has 0 radical (unpaired) electrons. The number of amides is 2. The van der Waals surface area contributed by atoms with Gasteiger partial charge in [-0.2, -0.15) is 0 Å². The molecule has 1 heterocycles. The van der Waals surface area contributed by atoms with Crippen molar-refractivity contribution >= 4 is 34.9 Å². The Morgan fingerprint density at radius 3 is 2.70 bits per heavy atom. The number of fused-ring (bicyclic) bond motifs is 1. The predicted octanol–water partition coefficient (Wildman–Crippen LogP) is 4.48. The fourth-order valence-corrected chi connectivity index (χ4v) is 3.04. The SMILES string of the molecule is CC(F)(F)C1(C#CC2CC2)NC(=O)Nc2cc(CCl)c(Cl)cc21. The Morgan fingerprint density at radius 2 is 2.13 bits per heavy atom. The first kappa shape index (κ1) is 16.4. The lowest BCUT2D eigenvalue weighted by atomic mass is 9.81. The van der Waals surface area contributed by atoms with Crippen LogP contribution in [0.4, 0.5) is 19.3 Å². The standard InChI is InChI=1S/C16H14Cl2F2N2O/c1-15(19,20)16(5-4-9-2-3-9)11-7-12(18)10(8-17)6-13(11)21-14(23)22-16/h6-7,9H,2-3,8H2,1H3,(H2,21,22,23). The van der Waals surface area contributed by atoms with Crippen LogP contribution in [-0.4, -0.2) is 12.0 Å². The first-order valence-electron chi connectivity index (χ1n) is 7.15. The van der Waals surface area contributed by atoms with Crippen LogP contribution < -0.4 is 10.6 Å². The first-order valence-corrected chi connectivity index (χ1v) is 8.06. The van der Waals surface area contributed by atoms with E-state index in [0.717, 1.165) is 19.8 Å². The van der Waals surface area contributed by atoms with Gasteiger partial charge >= 0.3 is 6.03 Å². The smallest absolute Gasteiger partial charge is 0.312 e. The molecule has 1 fully saturated rings. The number of hydrogen-bond acceptors (Lipinski definition) is 1. The Bertz CT molecular complexity index is 732. The van der Waals surface area contributed by atoms with Crippen molar-refractivity contribution in [1.82, 2.24) is 5.32 Å². The van der Waals surface area contributed by atoms with E-state index in [-0.39, 0.29) is 28.1 Å². The number of rotatable bonds is 2. The number of alkyl halides is 3. The van der Waals surface area contributed by atoms with Crippen molar-refractivity contribution in [2.45, 2.75) is 37.1 Å². The minimum Gasteiger partial charge on any atom is -0.312 e. The summed E-state index contributed by atoms with van der Waals surface area (Å²) in [5.74, 6) is 2.39. The predicted molar refractivity (Wildman–Crippen MR) is 86.0 cm³/mol. The zero-order chi connectivity index (χ0) is 16.8. The van der Waals surface area contributed by atoms with E-state index in [4.69, 9.17) is 23.2 Å². The van der Waals surface area contributed by atoms with Gasteiger partial charge in [-0.15, -0.1) is 11.6 Å². The fourth-order valence-electron chi connectivity index (χ4n) is 2.52. The molecule has 0 aromatic heterocycles. The molecule has 0 spiro atoms. The molecule has 1 aromatic carbocycles. The summed E-state index contributed by atoms with van der Waals surface area (Å²) in [6.07, 6.45) is 1.78. The van der Waals surface area contributed by atoms with Gasteiger partial charge in [0.1, 0.15) is 0 Å². The minimum atomic E-state index is -3.30. The van der Waals surface area contributed by atoms with Crippen LogP contribution in [0.25, 0.3) is 0 Å². The highest BCUT2D eigenvalue weighted by Crippen LogP contribution is 2.45. The first-order chi connectivity index (χ1) is 10.8. The number of benzene rings is 1. The zero-order valence-electron chi connectivity index (χ0n) is 12.3. The van der Waals surface area contributed by atoms with Crippen molar-refractivity contribution in [2.75, 3.05) is 5.32 Å². The van der Waals surface area contributed by atoms with E-state index in [1.165, 1.54) is 12.1 Å². The topological polar surface area (TPSA) is 41.1 Å². The maximum absolute atomic E-state index is 14.5. The monoisotopic (exact) mass is 358 g/mol. The van der Waals surface area contributed by atoms with Gasteiger partial charge in [0.15, 0.2) is 5.54 Å². The summed E-state index contributed by atoms with van der Waals surface area (Å²) in [6.45, 7) is 0.743. The highest BCUT2D eigenvalue weighted by atomic mass is 35.5. The second-order valence-electron chi connectivity index (χ2n) is 5.88. The summed E-state index contributed by atoms with van der Waals surface area (Å²) in [6, 6.07) is 2.19. The number of urea groups is 1. The van der Waals surface area contributed by atoms with E-state index in [2.05, 4.69) is 22.5 Å². The van der Waals surface area contributed by atoms with Crippen molar-refractivity contribution in [3.05, 3.63) is 28.3 Å². The molecule has 0 saturated heterocycles. The summed E-state index contributed by atoms with van der Waals surface area (Å²) in [7, 11) is 0. The van der Waals surface area contributed by atoms with Crippen molar-refractivity contribution < 1.29 is 13.6 Å². The van der Waals surface area contributed by atoms with E-state index < -0.39 is 17.5 Å². The Hall–Kier alpha value is -1.51. The molecule has 1 aliphatic heterocycles. The Balaban J connectivity index is 2.23. The van der Waals surface area contributed by atoms with Crippen LogP contribution in [0.15, 0.2) is 12.1 Å². The summed E-state index contributed by atoms with van der Waals surface area (Å²) in [5, 5.41) is 5.09. The van der Waals surface area contributed by atoms with Crippen LogP contribution in [0.1, 0.15) is 30.9 Å². The van der Waals surface area contributed by atoms with Gasteiger partial charge in [-0.05, 0) is 30.5 Å². The molecule has 1 saturated carbocycles. The van der Waals surface area contributed by atoms with E-state index in [1.807, 2.05) is 0 Å². The average Bonchev–Trinajstić information content (AvgIpc) is 3.27.